The number of carbonyl (C=O) groups is 2. The number of nitrogens with one attached hydrogen (secondary N) is 2. The summed E-state index contributed by atoms with van der Waals surface area (Å²) in [6.07, 6.45) is 1.31. The maximum absolute atomic E-state index is 12.1. The van der Waals surface area contributed by atoms with Crippen LogP contribution in [0.25, 0.3) is 0 Å². The summed E-state index contributed by atoms with van der Waals surface area (Å²) in [5.41, 5.74) is -0.770. The number of amides is 1. The van der Waals surface area contributed by atoms with Crippen LogP contribution in [-0.2, 0) is 9.59 Å². The minimum absolute atomic E-state index is 0.0596. The average molecular weight is 346 g/mol. The first-order chi connectivity index (χ1) is 11.8. The van der Waals surface area contributed by atoms with E-state index in [0.717, 1.165) is 6.20 Å². The molecule has 0 heterocycles. The Kier molecular flexibility index (Phi) is 7.09. The highest BCUT2D eigenvalue weighted by molar-refractivity contribution is 6.07. The van der Waals surface area contributed by atoms with Gasteiger partial charge in [-0.1, -0.05) is 26.0 Å². The summed E-state index contributed by atoms with van der Waals surface area (Å²) in [5, 5.41) is 34.0. The van der Waals surface area contributed by atoms with Gasteiger partial charge in [-0.3, -0.25) is 14.9 Å². The number of carboxylic acids is 1. The maximum atomic E-state index is 12.1. The number of nitro groups is 1. The van der Waals surface area contributed by atoms with Crippen LogP contribution in [0.5, 0.6) is 0 Å². The van der Waals surface area contributed by atoms with Gasteiger partial charge in [0.2, 0.25) is 0 Å². The Labute approximate surface area is 144 Å². The number of hydrogen-bond acceptors (Lipinski definition) is 6. The number of para-hydroxylation sites is 2. The topological polar surface area (TPSA) is 145 Å². The van der Waals surface area contributed by atoms with Crippen molar-refractivity contribution in [2.45, 2.75) is 26.3 Å². The number of hydrogen-bond donors (Lipinski definition) is 3. The highest BCUT2D eigenvalue weighted by Gasteiger charge is 2.20. The second-order valence-electron chi connectivity index (χ2n) is 5.59. The van der Waals surface area contributed by atoms with Crippen molar-refractivity contribution < 1.29 is 19.6 Å². The molecule has 9 heteroatoms. The van der Waals surface area contributed by atoms with E-state index >= 15 is 0 Å². The number of benzene rings is 1. The van der Waals surface area contributed by atoms with Gasteiger partial charge in [0, 0.05) is 12.3 Å². The molecule has 0 aliphatic heterocycles. The molecule has 1 aromatic carbocycles. The van der Waals surface area contributed by atoms with Gasteiger partial charge in [0.15, 0.2) is 0 Å². The second kappa shape index (κ2) is 9.02. The summed E-state index contributed by atoms with van der Waals surface area (Å²) in [7, 11) is 0. The second-order valence-corrected chi connectivity index (χ2v) is 5.59. The Morgan fingerprint density at radius 2 is 2.04 bits per heavy atom. The van der Waals surface area contributed by atoms with E-state index in [1.807, 2.05) is 13.8 Å². The van der Waals surface area contributed by atoms with Crippen molar-refractivity contribution in [1.29, 1.82) is 5.26 Å². The third kappa shape index (κ3) is 5.95. The SMILES string of the molecule is CC(C)CC(N/C=C(/C#N)C(=O)Nc1ccccc1[N+](=O)[O-])C(=O)O. The number of carbonyl (C=O) groups excluding carboxylic acids is 1. The molecule has 1 atom stereocenters. The first kappa shape index (κ1) is 19.6. The summed E-state index contributed by atoms with van der Waals surface area (Å²) in [5.74, 6) is -1.90. The molecule has 0 aliphatic rings. The normalized spacial score (nSPS) is 12.2. The number of carboxylic acid groups (broad SMARTS) is 1. The molecule has 0 aliphatic carbocycles. The largest absolute Gasteiger partial charge is 0.480 e. The number of anilines is 1. The standard InChI is InChI=1S/C16H18N4O5/c1-10(2)7-13(16(22)23)18-9-11(8-17)15(21)19-12-5-3-4-6-14(12)20(24)25/h3-6,9-10,13,18H,7H2,1-2H3,(H,19,21)(H,22,23)/b11-9-. The van der Waals surface area contributed by atoms with E-state index in [-0.39, 0.29) is 17.3 Å². The first-order valence-electron chi connectivity index (χ1n) is 7.40. The van der Waals surface area contributed by atoms with E-state index in [4.69, 9.17) is 10.4 Å². The molecule has 3 N–H and O–H groups in total. The van der Waals surface area contributed by atoms with Crippen LogP contribution in [0.15, 0.2) is 36.0 Å². The van der Waals surface area contributed by atoms with Crippen LogP contribution in [0.1, 0.15) is 20.3 Å². The van der Waals surface area contributed by atoms with Gasteiger partial charge in [0.05, 0.1) is 4.92 Å². The van der Waals surface area contributed by atoms with Crippen molar-refractivity contribution in [3.63, 3.8) is 0 Å². The van der Waals surface area contributed by atoms with Crippen molar-refractivity contribution in [2.24, 2.45) is 5.92 Å². The molecule has 25 heavy (non-hydrogen) atoms. The van der Waals surface area contributed by atoms with Crippen LogP contribution < -0.4 is 10.6 Å². The Morgan fingerprint density at radius 1 is 1.40 bits per heavy atom. The molecule has 9 nitrogen and oxygen atoms in total. The van der Waals surface area contributed by atoms with E-state index in [2.05, 4.69) is 10.6 Å². The fraction of sp³-hybridized carbons (Fsp3) is 0.312. The molecule has 1 unspecified atom stereocenters. The Bertz CT molecular complexity index is 736. The molecule has 1 aromatic rings. The third-order valence-electron chi connectivity index (χ3n) is 3.15. The zero-order valence-corrected chi connectivity index (χ0v) is 13.7. The lowest BCUT2D eigenvalue weighted by Crippen LogP contribution is -2.35. The highest BCUT2D eigenvalue weighted by atomic mass is 16.6. The lowest BCUT2D eigenvalue weighted by Gasteiger charge is -2.15. The van der Waals surface area contributed by atoms with Crippen LogP contribution in [0.4, 0.5) is 11.4 Å². The van der Waals surface area contributed by atoms with Crippen molar-refractivity contribution in [2.75, 3.05) is 5.32 Å². The summed E-state index contributed by atoms with van der Waals surface area (Å²) in [6, 6.07) is 6.18. The lowest BCUT2D eigenvalue weighted by atomic mass is 10.0. The van der Waals surface area contributed by atoms with Crippen LogP contribution in [0.3, 0.4) is 0 Å². The fourth-order valence-electron chi connectivity index (χ4n) is 1.97. The van der Waals surface area contributed by atoms with Crippen molar-refractivity contribution in [1.82, 2.24) is 5.32 Å². The van der Waals surface area contributed by atoms with Gasteiger partial charge >= 0.3 is 5.97 Å². The lowest BCUT2D eigenvalue weighted by molar-refractivity contribution is -0.383. The van der Waals surface area contributed by atoms with Gasteiger partial charge in [-0.25, -0.2) is 4.79 Å². The van der Waals surface area contributed by atoms with Crippen LogP contribution in [-0.4, -0.2) is 27.9 Å². The molecule has 0 saturated heterocycles. The van der Waals surface area contributed by atoms with Gasteiger partial charge in [-0.2, -0.15) is 5.26 Å². The number of nitro benzene ring substituents is 1. The summed E-state index contributed by atoms with van der Waals surface area (Å²) < 4.78 is 0. The Morgan fingerprint density at radius 3 is 2.56 bits per heavy atom. The van der Waals surface area contributed by atoms with Crippen molar-refractivity contribution in [3.8, 4) is 6.07 Å². The first-order valence-corrected chi connectivity index (χ1v) is 7.40. The van der Waals surface area contributed by atoms with E-state index in [1.54, 1.807) is 6.07 Å². The number of aliphatic carboxylic acids is 1. The van der Waals surface area contributed by atoms with Crippen molar-refractivity contribution >= 4 is 23.3 Å². The molecule has 0 radical (unpaired) electrons. The summed E-state index contributed by atoms with van der Waals surface area (Å²) >= 11 is 0. The van der Waals surface area contributed by atoms with E-state index in [1.165, 1.54) is 24.3 Å². The van der Waals surface area contributed by atoms with Gasteiger partial charge in [-0.15, -0.1) is 0 Å². The zero-order valence-electron chi connectivity index (χ0n) is 13.7. The minimum atomic E-state index is -1.11. The van der Waals surface area contributed by atoms with Crippen molar-refractivity contribution in [3.05, 3.63) is 46.2 Å². The molecule has 0 aromatic heterocycles. The number of rotatable bonds is 8. The maximum Gasteiger partial charge on any atom is 0.326 e. The molecule has 1 rings (SSSR count). The predicted octanol–water partition coefficient (Wildman–Crippen LogP) is 2.03. The Balaban J connectivity index is 2.93. The predicted molar refractivity (Wildman–Crippen MR) is 89.4 cm³/mol. The van der Waals surface area contributed by atoms with Gasteiger partial charge in [0.25, 0.3) is 11.6 Å². The average Bonchev–Trinajstić information content (AvgIpc) is 2.54. The molecule has 1 amide bonds. The van der Waals surface area contributed by atoms with E-state index in [0.29, 0.717) is 6.42 Å². The smallest absolute Gasteiger partial charge is 0.326 e. The van der Waals surface area contributed by atoms with Gasteiger partial charge in [-0.05, 0) is 18.4 Å². The summed E-state index contributed by atoms with van der Waals surface area (Å²) in [4.78, 5) is 33.5. The van der Waals surface area contributed by atoms with Crippen LogP contribution in [0.2, 0.25) is 0 Å². The molecular weight excluding hydrogens is 328 g/mol. The van der Waals surface area contributed by atoms with E-state index < -0.39 is 28.4 Å². The third-order valence-corrected chi connectivity index (χ3v) is 3.15. The van der Waals surface area contributed by atoms with Crippen LogP contribution >= 0.6 is 0 Å². The van der Waals surface area contributed by atoms with E-state index in [9.17, 15) is 19.7 Å². The summed E-state index contributed by atoms with van der Waals surface area (Å²) in [6.45, 7) is 3.68. The highest BCUT2D eigenvalue weighted by Crippen LogP contribution is 2.23. The minimum Gasteiger partial charge on any atom is -0.480 e. The molecule has 0 bridgehead atoms. The molecule has 0 fully saturated rings. The zero-order chi connectivity index (χ0) is 19.0. The molecule has 132 valence electrons. The molecule has 0 saturated carbocycles. The Hall–Kier alpha value is -3.41. The van der Waals surface area contributed by atoms with Gasteiger partial charge < -0.3 is 15.7 Å². The monoisotopic (exact) mass is 346 g/mol. The molecule has 0 spiro atoms. The molecular formula is C16H18N4O5. The van der Waals surface area contributed by atoms with Gasteiger partial charge in [0.1, 0.15) is 23.4 Å². The fourth-order valence-corrected chi connectivity index (χ4v) is 1.97. The quantitative estimate of drug-likeness (QED) is 0.282. The number of nitriles is 1. The number of nitrogens with zero attached hydrogens (tertiary/aromatic N) is 2. The van der Waals surface area contributed by atoms with Crippen LogP contribution in [0, 0.1) is 27.4 Å².